The van der Waals surface area contributed by atoms with Gasteiger partial charge in [0.25, 0.3) is 0 Å². The van der Waals surface area contributed by atoms with Crippen molar-refractivity contribution < 1.29 is 41.8 Å². The lowest BCUT2D eigenvalue weighted by atomic mass is 9.97. The fourth-order valence-corrected chi connectivity index (χ4v) is 5.48. The number of aliphatic hydroxyl groups is 1. The minimum Gasteiger partial charge on any atom is -0.480 e. The van der Waals surface area contributed by atoms with E-state index < -0.39 is 58.8 Å². The highest BCUT2D eigenvalue weighted by Crippen LogP contribution is 2.32. The van der Waals surface area contributed by atoms with Crippen LogP contribution in [0.25, 0.3) is 0 Å². The molecular formula is C34H28F5N3O4. The number of nitrogens with one attached hydrogen (secondary N) is 1. The number of halogens is 5. The van der Waals surface area contributed by atoms with Crippen molar-refractivity contribution in [3.63, 3.8) is 0 Å². The maximum Gasteiger partial charge on any atom is 0.331 e. The minimum absolute atomic E-state index is 0.126. The van der Waals surface area contributed by atoms with Crippen molar-refractivity contribution in [1.82, 2.24) is 4.90 Å². The number of aliphatic carboxylic acids is 1. The summed E-state index contributed by atoms with van der Waals surface area (Å²) in [6.07, 6.45) is -1.40. The highest BCUT2D eigenvalue weighted by atomic mass is 19.2. The zero-order valence-corrected chi connectivity index (χ0v) is 24.1. The third-order valence-electron chi connectivity index (χ3n) is 7.74. The van der Waals surface area contributed by atoms with Gasteiger partial charge in [0.15, 0.2) is 29.3 Å². The Balaban J connectivity index is 1.54. The third-order valence-corrected chi connectivity index (χ3v) is 7.74. The summed E-state index contributed by atoms with van der Waals surface area (Å²) in [4.78, 5) is 32.1. The molecular weight excluding hydrogens is 609 g/mol. The summed E-state index contributed by atoms with van der Waals surface area (Å²) >= 11 is 0. The molecule has 0 aromatic heterocycles. The van der Waals surface area contributed by atoms with Gasteiger partial charge < -0.3 is 15.5 Å². The molecule has 3 N–H and O–H groups in total. The van der Waals surface area contributed by atoms with Gasteiger partial charge in [-0.3, -0.25) is 14.7 Å². The van der Waals surface area contributed by atoms with Crippen LogP contribution in [0, 0.1) is 29.1 Å². The van der Waals surface area contributed by atoms with E-state index in [4.69, 9.17) is 0 Å². The van der Waals surface area contributed by atoms with Crippen molar-refractivity contribution in [2.24, 2.45) is 4.99 Å². The predicted molar refractivity (Wildman–Crippen MR) is 160 cm³/mol. The van der Waals surface area contributed by atoms with Gasteiger partial charge in [-0.2, -0.15) is 0 Å². The second kappa shape index (κ2) is 14.0. The number of carbonyl (C=O) groups is 2. The number of amides is 1. The average Bonchev–Trinajstić information content (AvgIpc) is 3.53. The zero-order valence-electron chi connectivity index (χ0n) is 24.1. The van der Waals surface area contributed by atoms with E-state index in [1.807, 2.05) is 35.2 Å². The van der Waals surface area contributed by atoms with E-state index in [1.165, 1.54) is 6.07 Å². The molecule has 46 heavy (non-hydrogen) atoms. The van der Waals surface area contributed by atoms with Crippen LogP contribution in [0.15, 0.2) is 89.9 Å². The lowest BCUT2D eigenvalue weighted by molar-refractivity contribution is -0.141. The molecule has 1 saturated heterocycles. The van der Waals surface area contributed by atoms with Gasteiger partial charge in [0, 0.05) is 17.7 Å². The molecule has 1 fully saturated rings. The van der Waals surface area contributed by atoms with Gasteiger partial charge in [-0.05, 0) is 31.0 Å². The molecule has 238 valence electrons. The van der Waals surface area contributed by atoms with Crippen molar-refractivity contribution in [3.05, 3.63) is 136 Å². The number of anilines is 1. The summed E-state index contributed by atoms with van der Waals surface area (Å²) in [7, 11) is 0. The molecule has 1 amide bonds. The first-order valence-electron chi connectivity index (χ1n) is 14.3. The molecule has 0 unspecified atom stereocenters. The van der Waals surface area contributed by atoms with Gasteiger partial charge >= 0.3 is 5.97 Å². The fraction of sp³-hybridized carbons (Fsp3) is 0.206. The van der Waals surface area contributed by atoms with E-state index in [-0.39, 0.29) is 28.4 Å². The maximum absolute atomic E-state index is 14.6. The second-order valence-corrected chi connectivity index (χ2v) is 10.7. The Morgan fingerprint density at radius 2 is 1.39 bits per heavy atom. The zero-order chi connectivity index (χ0) is 33.0. The summed E-state index contributed by atoms with van der Waals surface area (Å²) in [5.74, 6) is -14.1. The van der Waals surface area contributed by atoms with E-state index in [2.05, 4.69) is 10.3 Å². The Labute approximate surface area is 260 Å². The van der Waals surface area contributed by atoms with Crippen LogP contribution in [0.2, 0.25) is 0 Å². The number of para-hydroxylation sites is 1. The molecule has 0 radical (unpaired) electrons. The van der Waals surface area contributed by atoms with Gasteiger partial charge in [-0.1, -0.05) is 78.9 Å². The van der Waals surface area contributed by atoms with Crippen LogP contribution in [0.5, 0.6) is 0 Å². The number of hydrogen-bond acceptors (Lipinski definition) is 5. The van der Waals surface area contributed by atoms with Crippen molar-refractivity contribution in [1.29, 1.82) is 0 Å². The van der Waals surface area contributed by atoms with Gasteiger partial charge in [0.2, 0.25) is 11.7 Å². The van der Waals surface area contributed by atoms with Crippen LogP contribution >= 0.6 is 0 Å². The van der Waals surface area contributed by atoms with Crippen LogP contribution in [0.4, 0.5) is 27.6 Å². The Morgan fingerprint density at radius 3 is 2.02 bits per heavy atom. The maximum atomic E-state index is 14.6. The summed E-state index contributed by atoms with van der Waals surface area (Å²) < 4.78 is 70.8. The lowest BCUT2D eigenvalue weighted by Crippen LogP contribution is -2.39. The number of carboxylic acids is 1. The molecule has 4 aromatic carbocycles. The van der Waals surface area contributed by atoms with Crippen molar-refractivity contribution in [2.45, 2.75) is 37.6 Å². The molecule has 1 aliphatic rings. The normalized spacial score (nSPS) is 16.7. The van der Waals surface area contributed by atoms with Crippen molar-refractivity contribution in [2.75, 3.05) is 11.9 Å². The van der Waals surface area contributed by atoms with E-state index in [0.717, 1.165) is 12.0 Å². The lowest BCUT2D eigenvalue weighted by Gasteiger charge is -2.25. The first-order valence-corrected chi connectivity index (χ1v) is 14.3. The largest absolute Gasteiger partial charge is 0.480 e. The summed E-state index contributed by atoms with van der Waals surface area (Å²) in [6.45, 7) is 1.24. The molecule has 0 spiro atoms. The molecule has 12 heteroatoms. The quantitative estimate of drug-likeness (QED) is 0.0856. The highest BCUT2D eigenvalue weighted by molar-refractivity contribution is 6.17. The number of nitrogens with zero attached hydrogens (tertiary/aromatic N) is 2. The first-order chi connectivity index (χ1) is 22.1. The summed E-state index contributed by atoms with van der Waals surface area (Å²) in [5.41, 5.74) is -0.137. The van der Waals surface area contributed by atoms with Crippen LogP contribution in [0.3, 0.4) is 0 Å². The smallest absolute Gasteiger partial charge is 0.331 e. The van der Waals surface area contributed by atoms with Crippen LogP contribution in [0.1, 0.15) is 41.2 Å². The Morgan fingerprint density at radius 1 is 0.826 bits per heavy atom. The Kier molecular flexibility index (Phi) is 9.88. The third kappa shape index (κ3) is 6.68. The number of carboxylic acid groups (broad SMARTS) is 1. The number of aliphatic hydroxyl groups excluding tert-OH is 1. The van der Waals surface area contributed by atoms with Gasteiger partial charge in [-0.15, -0.1) is 0 Å². The van der Waals surface area contributed by atoms with Gasteiger partial charge in [-0.25, -0.2) is 26.7 Å². The van der Waals surface area contributed by atoms with Crippen molar-refractivity contribution in [3.8, 4) is 0 Å². The summed E-state index contributed by atoms with van der Waals surface area (Å²) in [5, 5.41) is 23.7. The Hall–Kier alpha value is -4.94. The Bertz CT molecular complexity index is 1740. The van der Waals surface area contributed by atoms with Crippen molar-refractivity contribution >= 4 is 23.3 Å². The van der Waals surface area contributed by atoms with E-state index >= 15 is 0 Å². The number of likely N-dealkylation sites (tertiary alicyclic amines) is 1. The number of aliphatic imine (C=N–C) groups is 1. The highest BCUT2D eigenvalue weighted by Gasteiger charge is 2.37. The molecule has 0 saturated carbocycles. The molecule has 1 heterocycles. The summed E-state index contributed by atoms with van der Waals surface area (Å²) in [6, 6.07) is 21.0. The molecule has 0 aliphatic carbocycles. The molecule has 5 rings (SSSR count). The van der Waals surface area contributed by atoms with E-state index in [1.54, 1.807) is 48.5 Å². The molecule has 1 aliphatic heterocycles. The predicted octanol–water partition coefficient (Wildman–Crippen LogP) is 6.01. The SMILES string of the molecule is O=C(O)[C@H](N=C(c1ccccc1)c1ccccc1NC(=O)[C@@H]1CCCN1Cc1ccccc1)[C@@H](O)c1c(F)c(F)c(F)c(F)c1F. The average molecular weight is 638 g/mol. The van der Waals surface area contributed by atoms with Gasteiger partial charge in [0.05, 0.1) is 23.0 Å². The number of carbonyl (C=O) groups excluding carboxylic acids is 1. The van der Waals surface area contributed by atoms with E-state index in [9.17, 15) is 41.8 Å². The number of benzene rings is 4. The standard InChI is InChI=1S/C34H28F5N3O4/c35-25-24(26(36)28(38)29(39)27(25)37)32(43)31(34(45)46)41-30(20-12-5-2-6-13-20)21-14-7-8-15-22(21)40-33(44)23-16-9-17-42(23)18-19-10-3-1-4-11-19/h1-8,10-15,23,31-32,43H,9,16-18H2,(H,40,44)(H,45,46)/t23-,31+,32-/m0/s1. The van der Waals surface area contributed by atoms with Crippen LogP contribution in [-0.2, 0) is 16.1 Å². The fourth-order valence-electron chi connectivity index (χ4n) is 5.48. The molecule has 0 bridgehead atoms. The topological polar surface area (TPSA) is 102 Å². The molecule has 3 atom stereocenters. The second-order valence-electron chi connectivity index (χ2n) is 10.7. The number of rotatable bonds is 10. The molecule has 4 aromatic rings. The minimum atomic E-state index is -2.78. The monoisotopic (exact) mass is 637 g/mol. The number of hydrogen-bond donors (Lipinski definition) is 3. The van der Waals surface area contributed by atoms with Crippen LogP contribution < -0.4 is 5.32 Å². The van der Waals surface area contributed by atoms with Gasteiger partial charge in [0.1, 0.15) is 6.10 Å². The first kappa shape index (κ1) is 32.5. The van der Waals surface area contributed by atoms with Crippen LogP contribution in [-0.4, -0.2) is 51.3 Å². The van der Waals surface area contributed by atoms with E-state index in [0.29, 0.717) is 19.5 Å². The molecule has 7 nitrogen and oxygen atoms in total.